The first-order valence-electron chi connectivity index (χ1n) is 8.86. The fourth-order valence-electron chi connectivity index (χ4n) is 3.29. The molecule has 1 atom stereocenters. The van der Waals surface area contributed by atoms with E-state index in [4.69, 9.17) is 4.74 Å². The van der Waals surface area contributed by atoms with Gasteiger partial charge in [-0.05, 0) is 30.7 Å². The lowest BCUT2D eigenvalue weighted by Crippen LogP contribution is -2.33. The Hall–Kier alpha value is -2.96. The fraction of sp³-hybridized carbons (Fsp3) is 0.333. The van der Waals surface area contributed by atoms with Crippen LogP contribution < -0.4 is 10.1 Å². The Bertz CT molecular complexity index is 921. The smallest absolute Gasteiger partial charge is 0.338 e. The van der Waals surface area contributed by atoms with E-state index < -0.39 is 23.5 Å². The Morgan fingerprint density at radius 3 is 2.57 bits per heavy atom. The highest BCUT2D eigenvalue weighted by atomic mass is 19.3. The van der Waals surface area contributed by atoms with Crippen LogP contribution in [-0.2, 0) is 10.7 Å². The van der Waals surface area contributed by atoms with E-state index >= 15 is 0 Å². The fourth-order valence-corrected chi connectivity index (χ4v) is 3.29. The number of benzene rings is 2. The molecule has 0 saturated carbocycles. The second-order valence-corrected chi connectivity index (χ2v) is 6.79. The van der Waals surface area contributed by atoms with Crippen LogP contribution in [0.3, 0.4) is 0 Å². The van der Waals surface area contributed by atoms with Gasteiger partial charge in [-0.15, -0.1) is 0 Å². The van der Waals surface area contributed by atoms with E-state index in [-0.39, 0.29) is 23.8 Å². The summed E-state index contributed by atoms with van der Waals surface area (Å²) in [5.41, 5.74) is 1.11. The Morgan fingerprint density at radius 2 is 1.93 bits per heavy atom. The average molecular weight is 389 g/mol. The van der Waals surface area contributed by atoms with Crippen molar-refractivity contribution in [3.05, 3.63) is 64.2 Å². The molecule has 0 saturated heterocycles. The number of carbonyl (C=O) groups excluding carboxylic acids is 2. The van der Waals surface area contributed by atoms with Crippen molar-refractivity contribution in [2.24, 2.45) is 0 Å². The minimum absolute atomic E-state index is 0.227. The second-order valence-electron chi connectivity index (χ2n) is 6.79. The maximum Gasteiger partial charge on any atom is 0.338 e. The van der Waals surface area contributed by atoms with Crippen LogP contribution in [0, 0.1) is 6.92 Å². The van der Waals surface area contributed by atoms with Crippen molar-refractivity contribution in [1.82, 2.24) is 5.32 Å². The molecule has 148 valence electrons. The van der Waals surface area contributed by atoms with E-state index in [1.807, 2.05) is 19.1 Å². The summed E-state index contributed by atoms with van der Waals surface area (Å²) in [7, 11) is 1.13. The number of rotatable bonds is 4. The predicted molar refractivity (Wildman–Crippen MR) is 98.8 cm³/mol. The van der Waals surface area contributed by atoms with Crippen LogP contribution in [0.4, 0.5) is 8.78 Å². The number of fused-ring (bicyclic) bond motifs is 1. The van der Waals surface area contributed by atoms with Gasteiger partial charge >= 0.3 is 5.97 Å². The zero-order valence-corrected chi connectivity index (χ0v) is 15.8. The first-order valence-corrected chi connectivity index (χ1v) is 8.86. The topological polar surface area (TPSA) is 64.6 Å². The lowest BCUT2D eigenvalue weighted by atomic mass is 9.92. The number of aryl methyl sites for hydroxylation is 1. The van der Waals surface area contributed by atoms with Gasteiger partial charge in [0.05, 0.1) is 25.3 Å². The number of carbonyl (C=O) groups is 2. The number of hydrogen-bond acceptors (Lipinski definition) is 4. The van der Waals surface area contributed by atoms with Crippen LogP contribution >= 0.6 is 0 Å². The molecule has 3 rings (SSSR count). The lowest BCUT2D eigenvalue weighted by Gasteiger charge is -2.29. The molecule has 0 aliphatic carbocycles. The second kappa shape index (κ2) is 7.58. The van der Waals surface area contributed by atoms with Gasteiger partial charge in [-0.2, -0.15) is 0 Å². The largest absolute Gasteiger partial charge is 0.493 e. The molecule has 0 bridgehead atoms. The molecule has 5 nitrogen and oxygen atoms in total. The first-order chi connectivity index (χ1) is 13.2. The van der Waals surface area contributed by atoms with Crippen molar-refractivity contribution in [1.29, 1.82) is 0 Å². The van der Waals surface area contributed by atoms with Crippen LogP contribution in [0.25, 0.3) is 0 Å². The maximum absolute atomic E-state index is 14.0. The van der Waals surface area contributed by atoms with E-state index in [1.165, 1.54) is 6.07 Å². The summed E-state index contributed by atoms with van der Waals surface area (Å²) >= 11 is 0. The SMILES string of the molecule is COC(=O)c1cc2c(cc1C(C)(F)F)OCC[C@H]2NC(=O)c1ccccc1C. The number of amides is 1. The Balaban J connectivity index is 2.00. The normalized spacial score (nSPS) is 16.0. The molecular formula is C21H21F2NO4. The predicted octanol–water partition coefficient (Wildman–Crippen LogP) is 4.15. The number of halogens is 2. The molecule has 0 spiro atoms. The van der Waals surface area contributed by atoms with E-state index in [0.29, 0.717) is 24.5 Å². The van der Waals surface area contributed by atoms with Crippen LogP contribution in [0.5, 0.6) is 5.75 Å². The van der Waals surface area contributed by atoms with Gasteiger partial charge in [-0.1, -0.05) is 18.2 Å². The van der Waals surface area contributed by atoms with Crippen LogP contribution in [0.15, 0.2) is 36.4 Å². The molecule has 28 heavy (non-hydrogen) atoms. The number of ether oxygens (including phenoxy) is 2. The quantitative estimate of drug-likeness (QED) is 0.798. The molecule has 1 N–H and O–H groups in total. The van der Waals surface area contributed by atoms with Gasteiger partial charge < -0.3 is 14.8 Å². The van der Waals surface area contributed by atoms with Gasteiger partial charge in [0.2, 0.25) is 0 Å². The minimum Gasteiger partial charge on any atom is -0.493 e. The van der Waals surface area contributed by atoms with Gasteiger partial charge in [-0.3, -0.25) is 4.79 Å². The molecular weight excluding hydrogens is 368 g/mol. The lowest BCUT2D eigenvalue weighted by molar-refractivity contribution is 0.0144. The highest BCUT2D eigenvalue weighted by molar-refractivity contribution is 5.96. The van der Waals surface area contributed by atoms with Crippen molar-refractivity contribution in [3.63, 3.8) is 0 Å². The Kier molecular flexibility index (Phi) is 5.36. The third-order valence-corrected chi connectivity index (χ3v) is 4.76. The minimum atomic E-state index is -3.25. The summed E-state index contributed by atoms with van der Waals surface area (Å²) < 4.78 is 38.2. The van der Waals surface area contributed by atoms with Crippen molar-refractivity contribution in [2.45, 2.75) is 32.2 Å². The number of nitrogens with one attached hydrogen (secondary N) is 1. The van der Waals surface area contributed by atoms with Crippen molar-refractivity contribution >= 4 is 11.9 Å². The molecule has 0 radical (unpaired) electrons. The number of esters is 1. The molecule has 0 fully saturated rings. The summed E-state index contributed by atoms with van der Waals surface area (Å²) in [4.78, 5) is 24.8. The standard InChI is InChI=1S/C21H21F2NO4/c1-12-6-4-5-7-13(12)19(25)24-17-8-9-28-18-11-16(21(2,22)23)14(10-15(17)18)20(26)27-3/h4-7,10-11,17H,8-9H2,1-3H3,(H,24,25)/t17-/m1/s1. The number of methoxy groups -OCH3 is 1. The van der Waals surface area contributed by atoms with Gasteiger partial charge in [0.25, 0.3) is 11.8 Å². The zero-order chi connectivity index (χ0) is 20.5. The molecule has 1 aliphatic heterocycles. The Morgan fingerprint density at radius 1 is 1.21 bits per heavy atom. The first kappa shape index (κ1) is 19.8. The van der Waals surface area contributed by atoms with E-state index in [9.17, 15) is 18.4 Å². The van der Waals surface area contributed by atoms with Crippen LogP contribution in [-0.4, -0.2) is 25.6 Å². The molecule has 0 aromatic heterocycles. The zero-order valence-electron chi connectivity index (χ0n) is 15.8. The summed E-state index contributed by atoms with van der Waals surface area (Å²) in [5.74, 6) is -4.17. The van der Waals surface area contributed by atoms with Gasteiger partial charge in [0.15, 0.2) is 0 Å². The summed E-state index contributed by atoms with van der Waals surface area (Å²) in [6.07, 6.45) is 0.451. The van der Waals surface area contributed by atoms with Crippen LogP contribution in [0.1, 0.15) is 56.8 Å². The third-order valence-electron chi connectivity index (χ3n) is 4.76. The van der Waals surface area contributed by atoms with Crippen molar-refractivity contribution in [3.8, 4) is 5.75 Å². The molecule has 1 aliphatic rings. The Labute approximate surface area is 161 Å². The monoisotopic (exact) mass is 389 g/mol. The van der Waals surface area contributed by atoms with E-state index in [0.717, 1.165) is 18.7 Å². The third kappa shape index (κ3) is 3.83. The molecule has 1 amide bonds. The maximum atomic E-state index is 14.0. The van der Waals surface area contributed by atoms with Gasteiger partial charge in [0, 0.05) is 30.0 Å². The molecule has 1 heterocycles. The van der Waals surface area contributed by atoms with Crippen LogP contribution in [0.2, 0.25) is 0 Å². The number of hydrogen-bond donors (Lipinski definition) is 1. The number of alkyl halides is 2. The van der Waals surface area contributed by atoms with Gasteiger partial charge in [0.1, 0.15) is 5.75 Å². The average Bonchev–Trinajstić information content (AvgIpc) is 2.66. The summed E-state index contributed by atoms with van der Waals surface area (Å²) in [6.45, 7) is 2.80. The molecule has 2 aromatic rings. The van der Waals surface area contributed by atoms with E-state index in [2.05, 4.69) is 10.1 Å². The molecule has 7 heteroatoms. The summed E-state index contributed by atoms with van der Waals surface area (Å²) in [5, 5.41) is 2.92. The molecule has 2 aromatic carbocycles. The van der Waals surface area contributed by atoms with Gasteiger partial charge in [-0.25, -0.2) is 13.6 Å². The highest BCUT2D eigenvalue weighted by Gasteiger charge is 2.34. The molecule has 0 unspecified atom stereocenters. The van der Waals surface area contributed by atoms with E-state index in [1.54, 1.807) is 12.1 Å². The van der Waals surface area contributed by atoms with Crippen molar-refractivity contribution in [2.75, 3.05) is 13.7 Å². The highest BCUT2D eigenvalue weighted by Crippen LogP contribution is 2.40. The summed E-state index contributed by atoms with van der Waals surface area (Å²) in [6, 6.07) is 9.17. The van der Waals surface area contributed by atoms with Crippen molar-refractivity contribution < 1.29 is 27.8 Å².